The summed E-state index contributed by atoms with van der Waals surface area (Å²) in [5.41, 5.74) is 1.81. The van der Waals surface area contributed by atoms with Crippen molar-refractivity contribution in [2.24, 2.45) is 23.2 Å². The maximum absolute atomic E-state index is 12.9. The SMILES string of the molecule is C[C@]12CCCC3(CO3)C1C[C@@H]1C(CNC3CCN(Cc4ccccc4)CC3)C(=O)O[C@@H]1C2. The van der Waals surface area contributed by atoms with Crippen LogP contribution in [0, 0.1) is 23.2 Å². The van der Waals surface area contributed by atoms with E-state index in [9.17, 15) is 4.79 Å². The van der Waals surface area contributed by atoms with Gasteiger partial charge < -0.3 is 14.8 Å². The predicted octanol–water partition coefficient (Wildman–Crippen LogP) is 3.77. The van der Waals surface area contributed by atoms with Gasteiger partial charge >= 0.3 is 5.97 Å². The molecule has 6 atom stereocenters. The van der Waals surface area contributed by atoms with E-state index in [1.165, 1.54) is 24.8 Å². The summed E-state index contributed by atoms with van der Waals surface area (Å²) in [5, 5.41) is 3.77. The first-order valence-electron chi connectivity index (χ1n) is 12.9. The van der Waals surface area contributed by atoms with Crippen molar-refractivity contribution in [1.82, 2.24) is 10.2 Å². The van der Waals surface area contributed by atoms with Crippen molar-refractivity contribution in [3.05, 3.63) is 35.9 Å². The number of rotatable bonds is 5. The Balaban J connectivity index is 1.04. The molecule has 3 unspecified atom stereocenters. The van der Waals surface area contributed by atoms with Crippen LogP contribution in [-0.2, 0) is 20.8 Å². The lowest BCUT2D eigenvalue weighted by Gasteiger charge is -2.51. The van der Waals surface area contributed by atoms with Crippen LogP contribution in [0.15, 0.2) is 30.3 Å². The minimum atomic E-state index is 0.0182. The van der Waals surface area contributed by atoms with Crippen LogP contribution in [0.1, 0.15) is 57.4 Å². The van der Waals surface area contributed by atoms with E-state index in [0.29, 0.717) is 17.9 Å². The molecule has 1 aromatic rings. The predicted molar refractivity (Wildman–Crippen MR) is 123 cm³/mol. The molecule has 1 spiro atoms. The number of nitrogens with zero attached hydrogens (tertiary/aromatic N) is 1. The Morgan fingerprint density at radius 1 is 1.16 bits per heavy atom. The first-order chi connectivity index (χ1) is 15.5. The van der Waals surface area contributed by atoms with Gasteiger partial charge in [-0.05, 0) is 74.9 Å². The Hall–Kier alpha value is -1.43. The maximum atomic E-state index is 12.9. The van der Waals surface area contributed by atoms with Gasteiger partial charge in [0.1, 0.15) is 6.10 Å². The number of epoxide rings is 1. The molecule has 5 aliphatic rings. The van der Waals surface area contributed by atoms with Gasteiger partial charge in [0.25, 0.3) is 0 Å². The van der Waals surface area contributed by atoms with Crippen LogP contribution >= 0.6 is 0 Å². The van der Waals surface area contributed by atoms with Crippen LogP contribution in [-0.4, -0.2) is 54.9 Å². The maximum Gasteiger partial charge on any atom is 0.310 e. The van der Waals surface area contributed by atoms with E-state index in [-0.39, 0.29) is 29.0 Å². The molecular weight excluding hydrogens is 400 g/mol. The minimum absolute atomic E-state index is 0.0182. The largest absolute Gasteiger partial charge is 0.462 e. The summed E-state index contributed by atoms with van der Waals surface area (Å²) in [6.07, 6.45) is 8.30. The molecule has 3 heterocycles. The van der Waals surface area contributed by atoms with Gasteiger partial charge in [-0.15, -0.1) is 0 Å². The molecule has 32 heavy (non-hydrogen) atoms. The first-order valence-corrected chi connectivity index (χ1v) is 12.9. The molecule has 2 aliphatic carbocycles. The molecule has 5 fully saturated rings. The lowest BCUT2D eigenvalue weighted by molar-refractivity contribution is -0.147. The summed E-state index contributed by atoms with van der Waals surface area (Å²) >= 11 is 0. The summed E-state index contributed by atoms with van der Waals surface area (Å²) in [4.78, 5) is 15.4. The van der Waals surface area contributed by atoms with Gasteiger partial charge in [-0.1, -0.05) is 37.3 Å². The quantitative estimate of drug-likeness (QED) is 0.560. The van der Waals surface area contributed by atoms with Crippen LogP contribution in [0.25, 0.3) is 0 Å². The van der Waals surface area contributed by atoms with E-state index in [1.54, 1.807) is 0 Å². The van der Waals surface area contributed by atoms with Gasteiger partial charge in [0.05, 0.1) is 18.1 Å². The Morgan fingerprint density at radius 2 is 1.94 bits per heavy atom. The van der Waals surface area contributed by atoms with E-state index in [4.69, 9.17) is 9.47 Å². The number of hydrogen-bond donors (Lipinski definition) is 1. The Labute approximate surface area is 192 Å². The fourth-order valence-electron chi connectivity index (χ4n) is 7.62. The third-order valence-electron chi connectivity index (χ3n) is 9.54. The van der Waals surface area contributed by atoms with E-state index in [1.807, 2.05) is 0 Å². The number of fused-ring (bicyclic) bond motifs is 3. The van der Waals surface area contributed by atoms with Crippen molar-refractivity contribution in [2.45, 2.75) is 76.2 Å². The topological polar surface area (TPSA) is 54.1 Å². The fourth-order valence-corrected chi connectivity index (χ4v) is 7.62. The second-order valence-electron chi connectivity index (χ2n) is 11.5. The second kappa shape index (κ2) is 8.11. The third kappa shape index (κ3) is 3.80. The van der Waals surface area contributed by atoms with Gasteiger partial charge in [-0.2, -0.15) is 0 Å². The molecule has 6 rings (SSSR count). The van der Waals surface area contributed by atoms with Crippen LogP contribution in [0.3, 0.4) is 0 Å². The molecule has 0 bridgehead atoms. The number of esters is 1. The van der Waals surface area contributed by atoms with Gasteiger partial charge in [0.15, 0.2) is 0 Å². The van der Waals surface area contributed by atoms with E-state index < -0.39 is 0 Å². The van der Waals surface area contributed by atoms with Gasteiger partial charge in [0.2, 0.25) is 0 Å². The molecule has 0 radical (unpaired) electrons. The number of piperidine rings is 1. The van der Waals surface area contributed by atoms with Crippen molar-refractivity contribution in [2.75, 3.05) is 26.2 Å². The van der Waals surface area contributed by atoms with Crippen LogP contribution in [0.4, 0.5) is 0 Å². The van der Waals surface area contributed by atoms with Crippen LogP contribution in [0.2, 0.25) is 0 Å². The van der Waals surface area contributed by atoms with E-state index in [2.05, 4.69) is 47.5 Å². The highest BCUT2D eigenvalue weighted by Gasteiger charge is 2.65. The standard InChI is InChI=1S/C27H38N2O3/c1-26-10-5-11-27(18-31-27)24(26)14-21-22(25(30)32-23(21)15-26)16-28-20-8-12-29(13-9-20)17-19-6-3-2-4-7-19/h2-4,6-7,20-24,28H,5,8-18H2,1H3/t21-,22?,23-,24?,26-,27?/m1/s1. The molecule has 5 heteroatoms. The minimum Gasteiger partial charge on any atom is -0.462 e. The van der Waals surface area contributed by atoms with Crippen molar-refractivity contribution in [3.63, 3.8) is 0 Å². The highest BCUT2D eigenvalue weighted by atomic mass is 16.6. The van der Waals surface area contributed by atoms with Gasteiger partial charge in [-0.25, -0.2) is 0 Å². The lowest BCUT2D eigenvalue weighted by atomic mass is 9.53. The zero-order valence-electron chi connectivity index (χ0n) is 19.4. The highest BCUT2D eigenvalue weighted by Crippen LogP contribution is 2.62. The summed E-state index contributed by atoms with van der Waals surface area (Å²) in [6.45, 7) is 7.42. The van der Waals surface area contributed by atoms with Crippen molar-refractivity contribution < 1.29 is 14.3 Å². The van der Waals surface area contributed by atoms with E-state index in [0.717, 1.165) is 58.5 Å². The normalized spacial score (nSPS) is 41.8. The van der Waals surface area contributed by atoms with Crippen molar-refractivity contribution in [3.8, 4) is 0 Å². The molecule has 3 saturated heterocycles. The number of hydrogen-bond acceptors (Lipinski definition) is 5. The molecule has 5 nitrogen and oxygen atoms in total. The lowest BCUT2D eigenvalue weighted by Crippen LogP contribution is -2.51. The molecule has 1 N–H and O–H groups in total. The molecule has 3 aliphatic heterocycles. The molecule has 1 aromatic carbocycles. The summed E-state index contributed by atoms with van der Waals surface area (Å²) in [6, 6.07) is 11.3. The van der Waals surface area contributed by atoms with Crippen molar-refractivity contribution in [1.29, 1.82) is 0 Å². The number of carbonyl (C=O) groups is 1. The van der Waals surface area contributed by atoms with Crippen LogP contribution in [0.5, 0.6) is 0 Å². The molecule has 2 saturated carbocycles. The van der Waals surface area contributed by atoms with Gasteiger partial charge in [0, 0.05) is 25.0 Å². The Kier molecular flexibility index (Phi) is 5.35. The average Bonchev–Trinajstić information content (AvgIpc) is 3.49. The fraction of sp³-hybridized carbons (Fsp3) is 0.741. The zero-order chi connectivity index (χ0) is 21.8. The van der Waals surface area contributed by atoms with Gasteiger partial charge in [-0.3, -0.25) is 9.69 Å². The number of benzene rings is 1. The molecular formula is C27H38N2O3. The number of carbonyl (C=O) groups excluding carboxylic acids is 1. The van der Waals surface area contributed by atoms with E-state index >= 15 is 0 Å². The highest BCUT2D eigenvalue weighted by molar-refractivity contribution is 5.75. The third-order valence-corrected chi connectivity index (χ3v) is 9.54. The van der Waals surface area contributed by atoms with Crippen LogP contribution < -0.4 is 5.32 Å². The monoisotopic (exact) mass is 438 g/mol. The summed E-state index contributed by atoms with van der Waals surface area (Å²) in [5.74, 6) is 1.03. The molecule has 0 amide bonds. The Bertz CT molecular complexity index is 833. The molecule has 0 aromatic heterocycles. The summed E-state index contributed by atoms with van der Waals surface area (Å²) in [7, 11) is 0. The first kappa shape index (κ1) is 21.1. The smallest absolute Gasteiger partial charge is 0.310 e. The zero-order valence-corrected chi connectivity index (χ0v) is 19.4. The summed E-state index contributed by atoms with van der Waals surface area (Å²) < 4.78 is 12.0. The number of nitrogens with one attached hydrogen (secondary N) is 1. The van der Waals surface area contributed by atoms with Crippen molar-refractivity contribution >= 4 is 5.97 Å². The average molecular weight is 439 g/mol. The number of ether oxygens (including phenoxy) is 2. The Morgan fingerprint density at radius 3 is 2.69 bits per heavy atom. The second-order valence-corrected chi connectivity index (χ2v) is 11.5. The number of likely N-dealkylation sites (tertiary alicyclic amines) is 1. The molecule has 174 valence electrons.